The summed E-state index contributed by atoms with van der Waals surface area (Å²) < 4.78 is 1.34. The number of fused-ring (bicyclic) bond motifs is 1. The van der Waals surface area contributed by atoms with E-state index in [-0.39, 0.29) is 43.2 Å². The molecular weight excluding hydrogens is 462 g/mol. The van der Waals surface area contributed by atoms with E-state index in [0.29, 0.717) is 22.3 Å². The Morgan fingerprint density at radius 3 is 2.60 bits per heavy atom. The van der Waals surface area contributed by atoms with Crippen LogP contribution in [0.15, 0.2) is 47.3 Å². The van der Waals surface area contributed by atoms with Gasteiger partial charge in [0.25, 0.3) is 5.56 Å². The Morgan fingerprint density at radius 1 is 1.23 bits per heavy atom. The summed E-state index contributed by atoms with van der Waals surface area (Å²) in [5.41, 5.74) is 2.51. The molecule has 2 aromatic carbocycles. The van der Waals surface area contributed by atoms with Crippen molar-refractivity contribution in [1.29, 1.82) is 0 Å². The number of carbonyl (C=O) groups is 3. The number of rotatable bonds is 6. The number of piperidine rings is 1. The predicted molar refractivity (Wildman–Crippen MR) is 137 cm³/mol. The molecule has 3 aromatic rings. The van der Waals surface area contributed by atoms with Crippen molar-refractivity contribution < 1.29 is 14.4 Å². The number of nitrogens with one attached hydrogen (secondary N) is 2. The molecule has 3 amide bonds. The van der Waals surface area contributed by atoms with Gasteiger partial charge in [-0.3, -0.25) is 29.1 Å². The molecule has 2 heterocycles. The van der Waals surface area contributed by atoms with Crippen LogP contribution in [0.3, 0.4) is 0 Å². The Bertz CT molecular complexity index is 1380. The fourth-order valence-electron chi connectivity index (χ4n) is 4.29. The van der Waals surface area contributed by atoms with Crippen LogP contribution in [0.1, 0.15) is 48.3 Å². The lowest BCUT2D eigenvalue weighted by Crippen LogP contribution is -2.45. The van der Waals surface area contributed by atoms with Crippen molar-refractivity contribution in [3.8, 4) is 0 Å². The minimum absolute atomic E-state index is 0.135. The average Bonchev–Trinajstić information content (AvgIpc) is 2.78. The van der Waals surface area contributed by atoms with Crippen molar-refractivity contribution in [2.75, 3.05) is 0 Å². The second-order valence-electron chi connectivity index (χ2n) is 9.05. The maximum atomic E-state index is 13.5. The molecule has 0 bridgehead atoms. The minimum Gasteiger partial charge on any atom is -0.352 e. The molecular formula is C25H26BN4O4P. The summed E-state index contributed by atoms with van der Waals surface area (Å²) in [6.07, 6.45) is 0.567. The lowest BCUT2D eigenvalue weighted by molar-refractivity contribution is -0.135. The number of benzene rings is 2. The van der Waals surface area contributed by atoms with Crippen molar-refractivity contribution in [2.45, 2.75) is 50.8 Å². The molecule has 178 valence electrons. The van der Waals surface area contributed by atoms with Crippen LogP contribution in [-0.2, 0) is 32.4 Å². The van der Waals surface area contributed by atoms with Crippen molar-refractivity contribution in [2.24, 2.45) is 0 Å². The summed E-state index contributed by atoms with van der Waals surface area (Å²) in [7, 11) is 8.65. The van der Waals surface area contributed by atoms with Gasteiger partial charge in [-0.1, -0.05) is 43.3 Å². The molecule has 2 N–H and O–H groups in total. The summed E-state index contributed by atoms with van der Waals surface area (Å²) in [6.45, 7) is 3.68. The minimum atomic E-state index is -0.806. The van der Waals surface area contributed by atoms with Gasteiger partial charge in [-0.05, 0) is 41.2 Å². The monoisotopic (exact) mass is 488 g/mol. The van der Waals surface area contributed by atoms with Gasteiger partial charge in [0.05, 0.1) is 25.2 Å². The van der Waals surface area contributed by atoms with Crippen LogP contribution in [0.4, 0.5) is 0 Å². The second kappa shape index (κ2) is 9.74. The number of nitrogens with zero attached hydrogens (tertiary/aromatic N) is 2. The molecule has 1 aromatic heterocycles. The summed E-state index contributed by atoms with van der Waals surface area (Å²) in [4.78, 5) is 54.6. The summed E-state index contributed by atoms with van der Waals surface area (Å²) in [5.74, 6) is -0.669. The number of aromatic nitrogens is 2. The Balaban J connectivity index is 1.56. The van der Waals surface area contributed by atoms with Crippen LogP contribution in [-0.4, -0.2) is 35.1 Å². The third-order valence-electron chi connectivity index (χ3n) is 6.13. The molecule has 8 nitrogen and oxygen atoms in total. The zero-order chi connectivity index (χ0) is 25.3. The van der Waals surface area contributed by atoms with Gasteiger partial charge in [0.1, 0.15) is 11.9 Å². The van der Waals surface area contributed by atoms with Gasteiger partial charge in [0, 0.05) is 13.0 Å². The van der Waals surface area contributed by atoms with Gasteiger partial charge < -0.3 is 5.32 Å². The number of aryl methyl sites for hydroxylation is 1. The predicted octanol–water partition coefficient (Wildman–Crippen LogP) is 1.76. The molecule has 4 rings (SSSR count). The van der Waals surface area contributed by atoms with E-state index in [0.717, 1.165) is 11.1 Å². The maximum Gasteiger partial charge on any atom is 0.262 e. The molecule has 1 saturated heterocycles. The summed E-state index contributed by atoms with van der Waals surface area (Å²) in [6, 6.07) is 12.0. The molecule has 2 radical (unpaired) electrons. The van der Waals surface area contributed by atoms with Gasteiger partial charge >= 0.3 is 0 Å². The van der Waals surface area contributed by atoms with E-state index in [1.165, 1.54) is 4.57 Å². The van der Waals surface area contributed by atoms with E-state index in [4.69, 9.17) is 7.85 Å². The topological polar surface area (TPSA) is 110 Å². The first kappa shape index (κ1) is 24.8. The highest BCUT2D eigenvalue weighted by Gasteiger charge is 2.30. The number of imide groups is 1. The van der Waals surface area contributed by atoms with E-state index in [1.807, 2.05) is 31.2 Å². The van der Waals surface area contributed by atoms with Gasteiger partial charge in [-0.25, -0.2) is 4.98 Å². The van der Waals surface area contributed by atoms with Gasteiger partial charge in [-0.2, -0.15) is 0 Å². The molecule has 3 atom stereocenters. The molecule has 1 aliphatic heterocycles. The molecule has 35 heavy (non-hydrogen) atoms. The van der Waals surface area contributed by atoms with Crippen molar-refractivity contribution >= 4 is 45.7 Å². The van der Waals surface area contributed by atoms with Crippen LogP contribution in [0.2, 0.25) is 0 Å². The summed E-state index contributed by atoms with van der Waals surface area (Å²) >= 11 is 0. The van der Waals surface area contributed by atoms with Gasteiger partial charge in [0.2, 0.25) is 17.7 Å². The highest BCUT2D eigenvalue weighted by molar-refractivity contribution is 7.21. The van der Waals surface area contributed by atoms with Crippen LogP contribution in [0.25, 0.3) is 10.9 Å². The second-order valence-corrected chi connectivity index (χ2v) is 10.2. The van der Waals surface area contributed by atoms with Crippen LogP contribution >= 0.6 is 9.24 Å². The van der Waals surface area contributed by atoms with Crippen LogP contribution in [0.5, 0.6) is 0 Å². The largest absolute Gasteiger partial charge is 0.352 e. The molecule has 0 spiro atoms. The Hall–Kier alpha value is -3.32. The molecule has 1 fully saturated rings. The number of hydrogen-bond acceptors (Lipinski definition) is 5. The van der Waals surface area contributed by atoms with Crippen molar-refractivity contribution in [1.82, 2.24) is 20.2 Å². The van der Waals surface area contributed by atoms with Gasteiger partial charge in [0.15, 0.2) is 0 Å². The molecule has 0 saturated carbocycles. The average molecular weight is 488 g/mol. The smallest absolute Gasteiger partial charge is 0.262 e. The van der Waals surface area contributed by atoms with E-state index in [2.05, 4.69) is 24.9 Å². The normalized spacial score (nSPS) is 17.6. The lowest BCUT2D eigenvalue weighted by Gasteiger charge is -2.24. The van der Waals surface area contributed by atoms with E-state index >= 15 is 0 Å². The number of amides is 3. The summed E-state index contributed by atoms with van der Waals surface area (Å²) in [5, 5.41) is 4.96. The Morgan fingerprint density at radius 2 is 1.94 bits per heavy atom. The fourth-order valence-corrected chi connectivity index (χ4v) is 4.48. The SMILES string of the molecule is [B]C(C)(P)c1ccc(CC(=O)NCc2cccc3nc(C)n(C4CCC(=O)NC4=O)c(=O)c23)cc1. The Kier molecular flexibility index (Phi) is 6.90. The highest BCUT2D eigenvalue weighted by Crippen LogP contribution is 2.27. The van der Waals surface area contributed by atoms with Crippen molar-refractivity contribution in [3.63, 3.8) is 0 Å². The van der Waals surface area contributed by atoms with Crippen LogP contribution in [0, 0.1) is 6.92 Å². The van der Waals surface area contributed by atoms with E-state index in [1.54, 1.807) is 25.1 Å². The standard InChI is InChI=1S/C25H26BN4O4P/c1-14-28-18-5-3-4-16(22(18)24(34)30(14)19-10-11-20(31)29-23(19)33)13-27-21(32)12-15-6-8-17(9-7-15)25(2,26)35/h3-9,19H,10-13,35H2,1-2H3,(H,27,32)(H,29,31,33). The zero-order valence-corrected chi connectivity index (χ0v) is 20.8. The number of carbonyl (C=O) groups excluding carboxylic acids is 3. The Labute approximate surface area is 206 Å². The maximum absolute atomic E-state index is 13.5. The highest BCUT2D eigenvalue weighted by atomic mass is 31.0. The quantitative estimate of drug-likeness (QED) is 0.312. The fraction of sp³-hybridized carbons (Fsp3) is 0.320. The third-order valence-corrected chi connectivity index (χ3v) is 6.46. The third kappa shape index (κ3) is 5.35. The van der Waals surface area contributed by atoms with Crippen molar-refractivity contribution in [3.05, 3.63) is 75.3 Å². The van der Waals surface area contributed by atoms with Gasteiger partial charge in [-0.15, -0.1) is 9.24 Å². The first-order valence-electron chi connectivity index (χ1n) is 11.3. The van der Waals surface area contributed by atoms with Crippen LogP contribution < -0.4 is 16.2 Å². The number of hydrogen-bond donors (Lipinski definition) is 2. The molecule has 0 aliphatic carbocycles. The first-order chi connectivity index (χ1) is 16.5. The lowest BCUT2D eigenvalue weighted by atomic mass is 9.81. The molecule has 10 heteroatoms. The zero-order valence-electron chi connectivity index (χ0n) is 19.6. The molecule has 3 unspecified atom stereocenters. The van der Waals surface area contributed by atoms with E-state index in [9.17, 15) is 19.2 Å². The first-order valence-corrected chi connectivity index (χ1v) is 11.9. The molecule has 1 aliphatic rings. The van der Waals surface area contributed by atoms with E-state index < -0.39 is 17.0 Å².